The van der Waals surface area contributed by atoms with E-state index < -0.39 is 58.6 Å². The van der Waals surface area contributed by atoms with Gasteiger partial charge < -0.3 is 15.1 Å². The van der Waals surface area contributed by atoms with Crippen LogP contribution in [0.2, 0.25) is 5.02 Å². The minimum Gasteiger partial charge on any atom is -0.478 e. The van der Waals surface area contributed by atoms with Gasteiger partial charge in [-0.15, -0.1) is 10.2 Å². The van der Waals surface area contributed by atoms with Crippen molar-refractivity contribution in [2.45, 2.75) is 25.4 Å². The van der Waals surface area contributed by atoms with Gasteiger partial charge >= 0.3 is 17.8 Å². The zero-order valence-corrected chi connectivity index (χ0v) is 24.4. The van der Waals surface area contributed by atoms with Crippen LogP contribution in [0.5, 0.6) is 0 Å². The number of pyridine rings is 1. The molecule has 15 nitrogen and oxygen atoms in total. The summed E-state index contributed by atoms with van der Waals surface area (Å²) in [5.74, 6) is -3.75. The monoisotopic (exact) mass is 670 g/mol. The summed E-state index contributed by atoms with van der Waals surface area (Å²) in [6, 6.07) is 6.81. The number of aromatic carboxylic acids is 1. The lowest BCUT2D eigenvalue weighted by Crippen LogP contribution is -2.44. The van der Waals surface area contributed by atoms with Gasteiger partial charge in [0.15, 0.2) is 27.6 Å². The number of benzene rings is 1. The van der Waals surface area contributed by atoms with Crippen LogP contribution in [0.25, 0.3) is 17.1 Å². The Balaban J connectivity index is 1.59. The normalized spacial score (nSPS) is 15.6. The third kappa shape index (κ3) is 6.74. The average Bonchev–Trinajstić information content (AvgIpc) is 3.54. The van der Waals surface area contributed by atoms with Gasteiger partial charge in [-0.2, -0.15) is 13.2 Å². The first-order valence-electron chi connectivity index (χ1n) is 13.0. The number of alkyl halides is 3. The molecule has 1 aliphatic heterocycles. The Morgan fingerprint density at radius 2 is 1.73 bits per heavy atom. The summed E-state index contributed by atoms with van der Waals surface area (Å²) >= 11 is 5.92. The molecule has 238 valence electrons. The highest BCUT2D eigenvalue weighted by atomic mass is 35.5. The van der Waals surface area contributed by atoms with Gasteiger partial charge in [0, 0.05) is 29.9 Å². The summed E-state index contributed by atoms with van der Waals surface area (Å²) in [7, 11) is -3.37. The van der Waals surface area contributed by atoms with E-state index in [9.17, 15) is 46.2 Å². The quantitative estimate of drug-likeness (QED) is 0.270. The fraction of sp³-hybridized carbons (Fsp3) is 0.320. The maximum absolute atomic E-state index is 13.5. The van der Waals surface area contributed by atoms with Gasteiger partial charge in [-0.05, 0) is 30.3 Å². The number of amides is 1. The number of rotatable bonds is 8. The largest absolute Gasteiger partial charge is 0.478 e. The summed E-state index contributed by atoms with van der Waals surface area (Å²) in [4.78, 5) is 48.0. The van der Waals surface area contributed by atoms with E-state index >= 15 is 0 Å². The van der Waals surface area contributed by atoms with Crippen molar-refractivity contribution in [1.29, 1.82) is 0 Å². The first-order valence-corrected chi connectivity index (χ1v) is 15.2. The molecule has 20 heteroatoms. The molecule has 5 rings (SSSR count). The first-order chi connectivity index (χ1) is 21.1. The van der Waals surface area contributed by atoms with Crippen molar-refractivity contribution >= 4 is 33.3 Å². The van der Waals surface area contributed by atoms with Crippen LogP contribution in [-0.2, 0) is 22.9 Å². The van der Waals surface area contributed by atoms with E-state index in [1.54, 1.807) is 0 Å². The molecule has 1 aromatic carbocycles. The number of aliphatic hydroxyl groups excluding tert-OH is 1. The summed E-state index contributed by atoms with van der Waals surface area (Å²) in [6.45, 7) is -2.13. The standard InChI is InChI=1S/C25H22ClF3N8O7S/c26-15-3-1-14(2-4-15)20-33-36(24(42)35(20)12-18(38)25(27,28)29)13-19-31-21(22(39)34-7-9-45(43,44)10-8-34)37(32-19)17-11-30-6-5-16(17)23(40)41/h1-6,11,18,38H,7-10,12-13H2,(H,40,41). The number of hydrogen-bond acceptors (Lipinski definition) is 10. The molecule has 0 aliphatic carbocycles. The minimum atomic E-state index is -5.05. The van der Waals surface area contributed by atoms with Crippen LogP contribution in [0.15, 0.2) is 47.5 Å². The fourth-order valence-electron chi connectivity index (χ4n) is 4.45. The number of carboxylic acids is 1. The highest BCUT2D eigenvalue weighted by molar-refractivity contribution is 7.91. The zero-order valence-electron chi connectivity index (χ0n) is 22.8. The number of aliphatic hydroxyl groups is 1. The Morgan fingerprint density at radius 3 is 2.36 bits per heavy atom. The van der Waals surface area contributed by atoms with E-state index in [-0.39, 0.29) is 53.1 Å². The van der Waals surface area contributed by atoms with Crippen molar-refractivity contribution in [2.75, 3.05) is 24.6 Å². The molecule has 0 bridgehead atoms. The molecule has 1 fully saturated rings. The molecule has 2 N–H and O–H groups in total. The fourth-order valence-corrected chi connectivity index (χ4v) is 5.78. The third-order valence-corrected chi connectivity index (χ3v) is 8.64. The van der Waals surface area contributed by atoms with Crippen molar-refractivity contribution in [3.05, 3.63) is 75.4 Å². The number of carboxylic acid groups (broad SMARTS) is 1. The van der Waals surface area contributed by atoms with Crippen LogP contribution in [0, 0.1) is 0 Å². The van der Waals surface area contributed by atoms with Gasteiger partial charge in [-0.3, -0.25) is 14.3 Å². The number of aromatic nitrogens is 7. The molecule has 1 unspecified atom stereocenters. The molecule has 1 aliphatic rings. The molecule has 0 saturated carbocycles. The van der Waals surface area contributed by atoms with E-state index in [1.165, 1.54) is 35.4 Å². The number of sulfone groups is 1. The van der Waals surface area contributed by atoms with Crippen LogP contribution in [0.4, 0.5) is 13.2 Å². The van der Waals surface area contributed by atoms with Gasteiger partial charge in [-0.1, -0.05) is 11.6 Å². The molecule has 4 heterocycles. The topological polar surface area (TPSA) is 195 Å². The van der Waals surface area contributed by atoms with E-state index in [0.29, 0.717) is 9.59 Å². The van der Waals surface area contributed by atoms with Gasteiger partial charge in [0.2, 0.25) is 5.82 Å². The highest BCUT2D eigenvalue weighted by Gasteiger charge is 2.39. The second-order valence-corrected chi connectivity index (χ2v) is 12.6. The third-order valence-electron chi connectivity index (χ3n) is 6.78. The predicted molar refractivity (Wildman–Crippen MR) is 149 cm³/mol. The van der Waals surface area contributed by atoms with Crippen LogP contribution >= 0.6 is 11.6 Å². The SMILES string of the molecule is O=C(O)c1ccncc1-n1nc(Cn2nc(-c3ccc(Cl)cc3)n(CC(O)C(F)(F)F)c2=O)nc1C(=O)N1CCS(=O)(=O)CC1. The van der Waals surface area contributed by atoms with Gasteiger partial charge in [0.25, 0.3) is 5.91 Å². The Kier molecular flexibility index (Phi) is 8.51. The smallest absolute Gasteiger partial charge is 0.416 e. The molecule has 45 heavy (non-hydrogen) atoms. The lowest BCUT2D eigenvalue weighted by molar-refractivity contribution is -0.207. The minimum absolute atomic E-state index is 0.169. The predicted octanol–water partition coefficient (Wildman–Crippen LogP) is 0.881. The van der Waals surface area contributed by atoms with E-state index in [2.05, 4.69) is 20.2 Å². The zero-order chi connectivity index (χ0) is 32.7. The summed E-state index contributed by atoms with van der Waals surface area (Å²) in [6.07, 6.45) is -5.65. The molecular weight excluding hydrogens is 649 g/mol. The number of carbonyl (C=O) groups excluding carboxylic acids is 1. The summed E-state index contributed by atoms with van der Waals surface area (Å²) in [5, 5.41) is 28.1. The van der Waals surface area contributed by atoms with Gasteiger partial charge in [0.05, 0.1) is 29.8 Å². The Bertz CT molecular complexity index is 1930. The van der Waals surface area contributed by atoms with Crippen molar-refractivity contribution < 1.29 is 41.4 Å². The lowest BCUT2D eigenvalue weighted by atomic mass is 10.2. The van der Waals surface area contributed by atoms with E-state index in [0.717, 1.165) is 21.6 Å². The first kappa shape index (κ1) is 31.8. The van der Waals surface area contributed by atoms with Gasteiger partial charge in [0.1, 0.15) is 12.2 Å². The second-order valence-electron chi connectivity index (χ2n) is 9.84. The maximum atomic E-state index is 13.5. The van der Waals surface area contributed by atoms with Crippen LogP contribution in [-0.4, -0.2) is 106 Å². The molecule has 4 aromatic rings. The van der Waals surface area contributed by atoms with Crippen molar-refractivity contribution in [3.63, 3.8) is 0 Å². The number of hydrogen-bond donors (Lipinski definition) is 2. The van der Waals surface area contributed by atoms with Crippen LogP contribution < -0.4 is 5.69 Å². The number of nitrogens with zero attached hydrogens (tertiary/aromatic N) is 8. The molecule has 1 amide bonds. The number of carbonyl (C=O) groups is 2. The van der Waals surface area contributed by atoms with Crippen LogP contribution in [0.3, 0.4) is 0 Å². The van der Waals surface area contributed by atoms with Gasteiger partial charge in [-0.25, -0.2) is 32.4 Å². The van der Waals surface area contributed by atoms with Crippen molar-refractivity contribution in [3.8, 4) is 17.1 Å². The Morgan fingerprint density at radius 1 is 1.07 bits per heavy atom. The van der Waals surface area contributed by atoms with E-state index in [1.807, 2.05) is 0 Å². The Labute approximate surface area is 256 Å². The van der Waals surface area contributed by atoms with Crippen LogP contribution in [0.1, 0.15) is 26.8 Å². The average molecular weight is 671 g/mol. The molecule has 0 spiro atoms. The highest BCUT2D eigenvalue weighted by Crippen LogP contribution is 2.24. The molecule has 1 atom stereocenters. The lowest BCUT2D eigenvalue weighted by Gasteiger charge is -2.26. The second kappa shape index (κ2) is 12.1. The molecule has 0 radical (unpaired) electrons. The molecule has 3 aromatic heterocycles. The summed E-state index contributed by atoms with van der Waals surface area (Å²) < 4.78 is 65.7. The molecular formula is C25H22ClF3N8O7S. The van der Waals surface area contributed by atoms with Crippen molar-refractivity contribution in [2.24, 2.45) is 0 Å². The number of halogens is 4. The van der Waals surface area contributed by atoms with E-state index in [4.69, 9.17) is 11.6 Å². The van der Waals surface area contributed by atoms with Crippen molar-refractivity contribution in [1.82, 2.24) is 39.0 Å². The molecule has 1 saturated heterocycles. The summed E-state index contributed by atoms with van der Waals surface area (Å²) in [5.41, 5.74) is -1.38. The maximum Gasteiger partial charge on any atom is 0.416 e. The Hall–Kier alpha value is -4.62.